The lowest BCUT2D eigenvalue weighted by atomic mass is 10.0. The lowest BCUT2D eigenvalue weighted by Crippen LogP contribution is -2.41. The second kappa shape index (κ2) is 7.88. The number of hydrogen-bond donors (Lipinski definition) is 2. The van der Waals surface area contributed by atoms with Crippen molar-refractivity contribution < 1.29 is 19.1 Å². The number of carbonyl (C=O) groups excluding carboxylic acids is 3. The number of amides is 2. The molecule has 0 aliphatic carbocycles. The van der Waals surface area contributed by atoms with Gasteiger partial charge in [-0.15, -0.1) is 0 Å². The van der Waals surface area contributed by atoms with Gasteiger partial charge in [-0.2, -0.15) is 0 Å². The van der Waals surface area contributed by atoms with E-state index in [9.17, 15) is 14.4 Å². The fraction of sp³-hybridized carbons (Fsp3) is 0.105. The highest BCUT2D eigenvalue weighted by molar-refractivity contribution is 8.05. The Bertz CT molecular complexity index is 863. The van der Waals surface area contributed by atoms with Crippen LogP contribution in [0, 0.1) is 0 Å². The highest BCUT2D eigenvalue weighted by atomic mass is 32.2. The van der Waals surface area contributed by atoms with E-state index in [1.807, 2.05) is 42.5 Å². The quantitative estimate of drug-likeness (QED) is 0.639. The monoisotopic (exact) mass is 368 g/mol. The Morgan fingerprint density at radius 3 is 2.38 bits per heavy atom. The van der Waals surface area contributed by atoms with Crippen LogP contribution in [0.5, 0.6) is 0 Å². The predicted molar refractivity (Wildman–Crippen MR) is 99.0 cm³/mol. The molecule has 0 saturated carbocycles. The molecule has 2 amide bonds. The van der Waals surface area contributed by atoms with Crippen molar-refractivity contribution in [2.45, 2.75) is 5.50 Å². The van der Waals surface area contributed by atoms with Crippen molar-refractivity contribution in [2.24, 2.45) is 0 Å². The van der Waals surface area contributed by atoms with E-state index in [-0.39, 0.29) is 10.8 Å². The summed E-state index contributed by atoms with van der Waals surface area (Å²) in [6.07, 6.45) is 1.10. The molecule has 1 heterocycles. The van der Waals surface area contributed by atoms with Crippen LogP contribution in [0.15, 0.2) is 65.6 Å². The molecule has 7 heteroatoms. The Kier molecular flexibility index (Phi) is 5.38. The van der Waals surface area contributed by atoms with Gasteiger partial charge in [0.1, 0.15) is 0 Å². The number of esters is 1. The Hall–Kier alpha value is -3.06. The van der Waals surface area contributed by atoms with E-state index in [1.54, 1.807) is 12.1 Å². The summed E-state index contributed by atoms with van der Waals surface area (Å²) in [5.74, 6) is -1.36. The van der Waals surface area contributed by atoms with Crippen LogP contribution in [-0.2, 0) is 14.3 Å². The summed E-state index contributed by atoms with van der Waals surface area (Å²) in [6.45, 7) is 0. The largest absolute Gasteiger partial charge is 0.466 e. The summed E-state index contributed by atoms with van der Waals surface area (Å²) < 4.78 is 4.50. The number of thioether (sulfide) groups is 1. The van der Waals surface area contributed by atoms with Gasteiger partial charge in [0.15, 0.2) is 5.50 Å². The van der Waals surface area contributed by atoms with Gasteiger partial charge in [-0.25, -0.2) is 4.79 Å². The van der Waals surface area contributed by atoms with Crippen molar-refractivity contribution in [3.63, 3.8) is 0 Å². The van der Waals surface area contributed by atoms with Crippen molar-refractivity contribution in [1.29, 1.82) is 0 Å². The Morgan fingerprint density at radius 1 is 1.08 bits per heavy atom. The zero-order valence-electron chi connectivity index (χ0n) is 13.9. The maximum Gasteiger partial charge on any atom is 0.331 e. The number of methoxy groups -OCH3 is 1. The lowest BCUT2D eigenvalue weighted by Gasteiger charge is -2.11. The van der Waals surface area contributed by atoms with Gasteiger partial charge in [0.05, 0.1) is 12.0 Å². The van der Waals surface area contributed by atoms with E-state index in [0.29, 0.717) is 5.56 Å². The summed E-state index contributed by atoms with van der Waals surface area (Å²) >= 11 is 1.05. The first-order valence-electron chi connectivity index (χ1n) is 7.80. The molecular weight excluding hydrogens is 352 g/mol. The molecule has 26 heavy (non-hydrogen) atoms. The van der Waals surface area contributed by atoms with Crippen LogP contribution < -0.4 is 10.6 Å². The maximum absolute atomic E-state index is 12.4. The first-order chi connectivity index (χ1) is 12.6. The molecule has 0 spiro atoms. The third-order valence-electron chi connectivity index (χ3n) is 3.70. The van der Waals surface area contributed by atoms with Crippen molar-refractivity contribution in [2.75, 3.05) is 7.11 Å². The molecule has 2 N–H and O–H groups in total. The number of nitrogens with one attached hydrogen (secondary N) is 2. The number of hydrogen-bond acceptors (Lipinski definition) is 5. The highest BCUT2D eigenvalue weighted by Crippen LogP contribution is 2.26. The molecular formula is C19H16N2O4S. The second-order valence-corrected chi connectivity index (χ2v) is 6.57. The minimum absolute atomic E-state index is 0.196. The topological polar surface area (TPSA) is 84.5 Å². The van der Waals surface area contributed by atoms with E-state index in [4.69, 9.17) is 0 Å². The van der Waals surface area contributed by atoms with Crippen molar-refractivity contribution >= 4 is 29.5 Å². The Balaban J connectivity index is 1.65. The first kappa shape index (κ1) is 17.8. The molecule has 0 radical (unpaired) electrons. The van der Waals surface area contributed by atoms with Crippen LogP contribution in [0.3, 0.4) is 0 Å². The van der Waals surface area contributed by atoms with Crippen LogP contribution >= 0.6 is 11.8 Å². The molecule has 3 rings (SSSR count). The second-order valence-electron chi connectivity index (χ2n) is 5.42. The van der Waals surface area contributed by atoms with Crippen molar-refractivity contribution in [3.8, 4) is 11.1 Å². The molecule has 0 bridgehead atoms. The summed E-state index contributed by atoms with van der Waals surface area (Å²) in [5.41, 5.74) is 1.91. The molecule has 1 fully saturated rings. The van der Waals surface area contributed by atoms with Gasteiger partial charge in [0.25, 0.3) is 11.8 Å². The van der Waals surface area contributed by atoms with E-state index >= 15 is 0 Å². The molecule has 1 saturated heterocycles. The summed E-state index contributed by atoms with van der Waals surface area (Å²) in [7, 11) is 1.23. The van der Waals surface area contributed by atoms with Crippen LogP contribution in [0.2, 0.25) is 0 Å². The van der Waals surface area contributed by atoms with Crippen LogP contribution in [-0.4, -0.2) is 30.4 Å². The third kappa shape index (κ3) is 4.12. The third-order valence-corrected chi connectivity index (χ3v) is 4.73. The van der Waals surface area contributed by atoms with E-state index in [2.05, 4.69) is 15.4 Å². The van der Waals surface area contributed by atoms with Crippen LogP contribution in [0.1, 0.15) is 10.4 Å². The molecule has 0 unspecified atom stereocenters. The molecule has 2 aromatic carbocycles. The molecule has 2 aromatic rings. The summed E-state index contributed by atoms with van der Waals surface area (Å²) in [5, 5.41) is 5.29. The molecule has 1 aliphatic rings. The number of benzene rings is 2. The molecule has 1 aliphatic heterocycles. The van der Waals surface area contributed by atoms with Gasteiger partial charge in [0.2, 0.25) is 0 Å². The normalized spacial score (nSPS) is 17.7. The van der Waals surface area contributed by atoms with Gasteiger partial charge in [-0.1, -0.05) is 54.2 Å². The van der Waals surface area contributed by atoms with E-state index in [1.165, 1.54) is 7.11 Å². The number of ether oxygens (including phenoxy) is 1. The van der Waals surface area contributed by atoms with Crippen molar-refractivity contribution in [1.82, 2.24) is 10.6 Å². The predicted octanol–water partition coefficient (Wildman–Crippen LogP) is 2.29. The van der Waals surface area contributed by atoms with Gasteiger partial charge in [-0.05, 0) is 23.3 Å². The average Bonchev–Trinajstić information content (AvgIpc) is 3.01. The smallest absolute Gasteiger partial charge is 0.331 e. The van der Waals surface area contributed by atoms with Crippen LogP contribution in [0.25, 0.3) is 11.1 Å². The van der Waals surface area contributed by atoms with Gasteiger partial charge >= 0.3 is 5.97 Å². The zero-order valence-corrected chi connectivity index (χ0v) is 14.7. The summed E-state index contributed by atoms with van der Waals surface area (Å²) in [4.78, 5) is 35.6. The van der Waals surface area contributed by atoms with E-state index < -0.39 is 17.4 Å². The van der Waals surface area contributed by atoms with E-state index in [0.717, 1.165) is 29.0 Å². The minimum atomic E-state index is -0.639. The number of rotatable bonds is 4. The SMILES string of the molecule is COC(=O)/C=C1\S[C@@H](NC(=O)c2ccc(-c3ccccc3)cc2)NC1=O. The number of carbonyl (C=O) groups is 3. The molecule has 1 atom stereocenters. The van der Waals surface area contributed by atoms with Gasteiger partial charge in [-0.3, -0.25) is 9.59 Å². The molecule has 132 valence electrons. The van der Waals surface area contributed by atoms with Gasteiger partial charge < -0.3 is 15.4 Å². The standard InChI is InChI=1S/C19H16N2O4S/c1-25-16(22)11-15-18(24)21-19(26-15)20-17(23)14-9-7-13(8-10-14)12-5-3-2-4-6-12/h2-11,19H,1H3,(H,20,23)(H,21,24)/b15-11-/t19-/m0/s1. The lowest BCUT2D eigenvalue weighted by molar-refractivity contribution is -0.135. The fourth-order valence-corrected chi connectivity index (χ4v) is 3.29. The summed E-state index contributed by atoms with van der Waals surface area (Å²) in [6, 6.07) is 17.0. The molecule has 0 aromatic heterocycles. The fourth-order valence-electron chi connectivity index (χ4n) is 2.38. The average molecular weight is 368 g/mol. The highest BCUT2D eigenvalue weighted by Gasteiger charge is 2.29. The first-order valence-corrected chi connectivity index (χ1v) is 8.68. The van der Waals surface area contributed by atoms with Gasteiger partial charge in [0, 0.05) is 11.6 Å². The Morgan fingerprint density at radius 2 is 1.73 bits per heavy atom. The van der Waals surface area contributed by atoms with Crippen molar-refractivity contribution in [3.05, 3.63) is 71.1 Å². The molecule has 6 nitrogen and oxygen atoms in total. The zero-order chi connectivity index (χ0) is 18.5. The maximum atomic E-state index is 12.4. The van der Waals surface area contributed by atoms with Crippen LogP contribution in [0.4, 0.5) is 0 Å². The minimum Gasteiger partial charge on any atom is -0.466 e. The Labute approximate surface area is 154 Å².